The molecule has 0 aliphatic heterocycles. The summed E-state index contributed by atoms with van der Waals surface area (Å²) in [6.07, 6.45) is 2.09. The summed E-state index contributed by atoms with van der Waals surface area (Å²) in [6, 6.07) is 8.44. The van der Waals surface area contributed by atoms with Gasteiger partial charge in [0.05, 0.1) is 7.11 Å². The molecule has 6 nitrogen and oxygen atoms in total. The predicted molar refractivity (Wildman–Crippen MR) is 84.3 cm³/mol. The molecule has 0 aliphatic rings. The van der Waals surface area contributed by atoms with E-state index >= 15 is 0 Å². The first-order chi connectivity index (χ1) is 10.3. The van der Waals surface area contributed by atoms with Gasteiger partial charge < -0.3 is 15.4 Å². The molecule has 2 aromatic rings. The Morgan fingerprint density at radius 3 is 2.52 bits per heavy atom. The molecule has 0 aliphatic carbocycles. The number of anilines is 3. The van der Waals surface area contributed by atoms with Gasteiger partial charge in [0.2, 0.25) is 11.9 Å². The number of aryl methyl sites for hydroxylation is 1. The Morgan fingerprint density at radius 1 is 1.05 bits per heavy atom. The third-order valence-electron chi connectivity index (χ3n) is 2.92. The average molecular weight is 287 g/mol. The first kappa shape index (κ1) is 15.0. The Hall–Kier alpha value is -2.37. The van der Waals surface area contributed by atoms with Gasteiger partial charge in [0.25, 0.3) is 0 Å². The standard InChI is InChI=1S/C15H21N5O/c1-4-8-11-9-6-7-10-12(11)17-14-18-13(16-5-2)19-15(20-14)21-3/h6-7,9-10H,4-5,8H2,1-3H3,(H2,16,17,18,19,20). The maximum absolute atomic E-state index is 5.12. The highest BCUT2D eigenvalue weighted by atomic mass is 16.5. The average Bonchev–Trinajstić information content (AvgIpc) is 2.49. The largest absolute Gasteiger partial charge is 0.467 e. The van der Waals surface area contributed by atoms with Crippen LogP contribution in [0.2, 0.25) is 0 Å². The monoisotopic (exact) mass is 287 g/mol. The summed E-state index contributed by atoms with van der Waals surface area (Å²) in [7, 11) is 1.54. The Kier molecular flexibility index (Phi) is 5.31. The summed E-state index contributed by atoms with van der Waals surface area (Å²) in [5.41, 5.74) is 2.25. The topological polar surface area (TPSA) is 72.0 Å². The van der Waals surface area contributed by atoms with Crippen LogP contribution < -0.4 is 15.4 Å². The van der Waals surface area contributed by atoms with E-state index in [0.717, 1.165) is 25.1 Å². The minimum Gasteiger partial charge on any atom is -0.467 e. The van der Waals surface area contributed by atoms with Gasteiger partial charge in [0.1, 0.15) is 0 Å². The molecule has 0 unspecified atom stereocenters. The molecule has 1 aromatic heterocycles. The molecule has 0 bridgehead atoms. The molecule has 0 saturated carbocycles. The molecular formula is C15H21N5O. The molecule has 0 amide bonds. The van der Waals surface area contributed by atoms with Crippen molar-refractivity contribution in [2.24, 2.45) is 0 Å². The second-order valence-corrected chi connectivity index (χ2v) is 4.53. The summed E-state index contributed by atoms with van der Waals surface area (Å²) in [5, 5.41) is 6.31. The van der Waals surface area contributed by atoms with Crippen molar-refractivity contribution >= 4 is 17.6 Å². The van der Waals surface area contributed by atoms with E-state index < -0.39 is 0 Å². The van der Waals surface area contributed by atoms with Gasteiger partial charge in [-0.2, -0.15) is 15.0 Å². The minimum absolute atomic E-state index is 0.288. The molecular weight excluding hydrogens is 266 g/mol. The molecule has 0 atom stereocenters. The van der Waals surface area contributed by atoms with Gasteiger partial charge in [-0.25, -0.2) is 0 Å². The molecule has 112 valence electrons. The fourth-order valence-corrected chi connectivity index (χ4v) is 1.99. The van der Waals surface area contributed by atoms with Crippen molar-refractivity contribution in [3.8, 4) is 6.01 Å². The zero-order valence-corrected chi connectivity index (χ0v) is 12.7. The second kappa shape index (κ2) is 7.42. The lowest BCUT2D eigenvalue weighted by Crippen LogP contribution is -2.08. The van der Waals surface area contributed by atoms with Crippen LogP contribution in [0.5, 0.6) is 6.01 Å². The number of ether oxygens (including phenoxy) is 1. The number of methoxy groups -OCH3 is 1. The number of nitrogens with one attached hydrogen (secondary N) is 2. The fraction of sp³-hybridized carbons (Fsp3) is 0.400. The quantitative estimate of drug-likeness (QED) is 0.815. The van der Waals surface area contributed by atoms with Gasteiger partial charge >= 0.3 is 6.01 Å². The molecule has 0 saturated heterocycles. The Balaban J connectivity index is 2.28. The fourth-order valence-electron chi connectivity index (χ4n) is 1.99. The molecule has 2 rings (SSSR count). The van der Waals surface area contributed by atoms with Crippen LogP contribution >= 0.6 is 0 Å². The van der Waals surface area contributed by atoms with Crippen LogP contribution in [0.25, 0.3) is 0 Å². The Labute approximate surface area is 125 Å². The number of hydrogen-bond donors (Lipinski definition) is 2. The van der Waals surface area contributed by atoms with Crippen molar-refractivity contribution in [2.45, 2.75) is 26.7 Å². The van der Waals surface area contributed by atoms with Crippen molar-refractivity contribution in [3.05, 3.63) is 29.8 Å². The Bertz CT molecular complexity index is 588. The van der Waals surface area contributed by atoms with Gasteiger partial charge in [0.15, 0.2) is 0 Å². The van der Waals surface area contributed by atoms with Crippen LogP contribution in [0.3, 0.4) is 0 Å². The highest BCUT2D eigenvalue weighted by Gasteiger charge is 2.08. The molecule has 0 fully saturated rings. The number of rotatable bonds is 7. The number of aromatic nitrogens is 3. The van der Waals surface area contributed by atoms with E-state index in [1.807, 2.05) is 25.1 Å². The van der Waals surface area contributed by atoms with Crippen LogP contribution in [0, 0.1) is 0 Å². The molecule has 0 radical (unpaired) electrons. The predicted octanol–water partition coefficient (Wildman–Crippen LogP) is 3.01. The summed E-state index contributed by atoms with van der Waals surface area (Å²) < 4.78 is 5.12. The first-order valence-corrected chi connectivity index (χ1v) is 7.15. The van der Waals surface area contributed by atoms with E-state index in [2.05, 4.69) is 38.6 Å². The maximum Gasteiger partial charge on any atom is 0.322 e. The lowest BCUT2D eigenvalue weighted by molar-refractivity contribution is 0.379. The molecule has 0 spiro atoms. The van der Waals surface area contributed by atoms with Crippen molar-refractivity contribution in [1.82, 2.24) is 15.0 Å². The van der Waals surface area contributed by atoms with Gasteiger partial charge in [-0.3, -0.25) is 0 Å². The molecule has 1 heterocycles. The minimum atomic E-state index is 0.288. The normalized spacial score (nSPS) is 10.2. The second-order valence-electron chi connectivity index (χ2n) is 4.53. The van der Waals surface area contributed by atoms with Crippen LogP contribution in [0.4, 0.5) is 17.6 Å². The third-order valence-corrected chi connectivity index (χ3v) is 2.92. The zero-order valence-electron chi connectivity index (χ0n) is 12.7. The summed E-state index contributed by atoms with van der Waals surface area (Å²) in [6.45, 7) is 4.88. The SMILES string of the molecule is CCCc1ccccc1Nc1nc(NCC)nc(OC)n1. The van der Waals surface area contributed by atoms with Crippen molar-refractivity contribution in [3.63, 3.8) is 0 Å². The highest BCUT2D eigenvalue weighted by Crippen LogP contribution is 2.21. The number of benzene rings is 1. The molecule has 2 N–H and O–H groups in total. The van der Waals surface area contributed by atoms with Gasteiger partial charge in [-0.15, -0.1) is 0 Å². The lowest BCUT2D eigenvalue weighted by Gasteiger charge is -2.11. The number of nitrogens with zero attached hydrogens (tertiary/aromatic N) is 3. The number of para-hydroxylation sites is 1. The van der Waals surface area contributed by atoms with Gasteiger partial charge in [-0.05, 0) is 25.0 Å². The molecule has 1 aromatic carbocycles. The van der Waals surface area contributed by atoms with E-state index in [0.29, 0.717) is 11.9 Å². The van der Waals surface area contributed by atoms with Crippen molar-refractivity contribution in [2.75, 3.05) is 24.3 Å². The summed E-state index contributed by atoms with van der Waals surface area (Å²) in [5.74, 6) is 0.973. The van der Waals surface area contributed by atoms with E-state index in [-0.39, 0.29) is 6.01 Å². The molecule has 6 heteroatoms. The lowest BCUT2D eigenvalue weighted by atomic mass is 10.1. The zero-order chi connectivity index (χ0) is 15.1. The van der Waals surface area contributed by atoms with E-state index in [1.165, 1.54) is 5.56 Å². The van der Waals surface area contributed by atoms with E-state index in [9.17, 15) is 0 Å². The van der Waals surface area contributed by atoms with Crippen LogP contribution in [-0.4, -0.2) is 28.6 Å². The van der Waals surface area contributed by atoms with Crippen LogP contribution in [0.15, 0.2) is 24.3 Å². The highest BCUT2D eigenvalue weighted by molar-refractivity contribution is 5.59. The third kappa shape index (κ3) is 4.05. The van der Waals surface area contributed by atoms with Crippen LogP contribution in [0.1, 0.15) is 25.8 Å². The first-order valence-electron chi connectivity index (χ1n) is 7.15. The summed E-state index contributed by atoms with van der Waals surface area (Å²) in [4.78, 5) is 12.7. The smallest absolute Gasteiger partial charge is 0.322 e. The van der Waals surface area contributed by atoms with Gasteiger partial charge in [-0.1, -0.05) is 31.5 Å². The summed E-state index contributed by atoms with van der Waals surface area (Å²) >= 11 is 0. The van der Waals surface area contributed by atoms with E-state index in [1.54, 1.807) is 7.11 Å². The van der Waals surface area contributed by atoms with Crippen molar-refractivity contribution in [1.29, 1.82) is 0 Å². The maximum atomic E-state index is 5.12. The van der Waals surface area contributed by atoms with Crippen LogP contribution in [-0.2, 0) is 6.42 Å². The van der Waals surface area contributed by atoms with Crippen molar-refractivity contribution < 1.29 is 4.74 Å². The van der Waals surface area contributed by atoms with E-state index in [4.69, 9.17) is 4.74 Å². The Morgan fingerprint density at radius 2 is 1.81 bits per heavy atom. The molecule has 21 heavy (non-hydrogen) atoms. The number of hydrogen-bond acceptors (Lipinski definition) is 6. The van der Waals surface area contributed by atoms with Gasteiger partial charge in [0, 0.05) is 12.2 Å².